The highest BCUT2D eigenvalue weighted by Crippen LogP contribution is 2.34. The van der Waals surface area contributed by atoms with Crippen LogP contribution in [0.3, 0.4) is 0 Å². The number of ether oxygens (including phenoxy) is 1. The third-order valence-corrected chi connectivity index (χ3v) is 3.47. The summed E-state index contributed by atoms with van der Waals surface area (Å²) in [4.78, 5) is 13.7. The van der Waals surface area contributed by atoms with Gasteiger partial charge in [0.25, 0.3) is 0 Å². The van der Waals surface area contributed by atoms with E-state index in [0.29, 0.717) is 18.9 Å². The first kappa shape index (κ1) is 13.5. The Morgan fingerprint density at radius 2 is 2.19 bits per heavy atom. The van der Waals surface area contributed by atoms with Gasteiger partial charge in [-0.2, -0.15) is 0 Å². The van der Waals surface area contributed by atoms with Gasteiger partial charge < -0.3 is 15.4 Å². The van der Waals surface area contributed by atoms with Crippen LogP contribution in [-0.2, 0) is 9.53 Å². The molecule has 0 spiro atoms. The molecule has 1 aliphatic rings. The molecule has 0 radical (unpaired) electrons. The number of carbonyl (C=O) groups excluding carboxylic acids is 1. The van der Waals surface area contributed by atoms with E-state index in [0.717, 1.165) is 6.42 Å². The molecule has 4 nitrogen and oxygen atoms in total. The Bertz CT molecular complexity index is 229. The Kier molecular flexibility index (Phi) is 5.22. The number of hydrogen-bond donors (Lipinski definition) is 1. The number of nitrogens with two attached hydrogens (primary N) is 1. The van der Waals surface area contributed by atoms with Crippen molar-refractivity contribution >= 4 is 5.91 Å². The lowest BCUT2D eigenvalue weighted by molar-refractivity contribution is -0.132. The van der Waals surface area contributed by atoms with Gasteiger partial charge in [0, 0.05) is 33.2 Å². The molecule has 2 N–H and O–H groups in total. The monoisotopic (exact) mass is 228 g/mol. The number of methoxy groups -OCH3 is 1. The van der Waals surface area contributed by atoms with Gasteiger partial charge in [0.2, 0.25) is 5.91 Å². The average Bonchev–Trinajstić information content (AvgIpc) is 3.10. The summed E-state index contributed by atoms with van der Waals surface area (Å²) < 4.78 is 5.13. The number of carbonyl (C=O) groups is 1. The highest BCUT2D eigenvalue weighted by Gasteiger charge is 2.34. The standard InChI is InChI=1S/C12H24N2O2/c1-9(16-3)4-7-12(15)14(2)11(8-13)10-5-6-10/h9-11H,4-8,13H2,1-3H3. The molecule has 0 aromatic rings. The third kappa shape index (κ3) is 3.76. The SMILES string of the molecule is COC(C)CCC(=O)N(C)C(CN)C1CC1. The minimum absolute atomic E-state index is 0.148. The Morgan fingerprint density at radius 1 is 1.56 bits per heavy atom. The second kappa shape index (κ2) is 6.21. The Labute approximate surface area is 98.1 Å². The van der Waals surface area contributed by atoms with Crippen molar-refractivity contribution in [2.45, 2.75) is 44.8 Å². The minimum atomic E-state index is 0.148. The lowest BCUT2D eigenvalue weighted by Crippen LogP contribution is -2.43. The van der Waals surface area contributed by atoms with Gasteiger partial charge in [-0.05, 0) is 32.1 Å². The molecule has 0 aromatic heterocycles. The molecule has 0 saturated heterocycles. The van der Waals surface area contributed by atoms with E-state index >= 15 is 0 Å². The van der Waals surface area contributed by atoms with Gasteiger partial charge in [-0.25, -0.2) is 0 Å². The van der Waals surface area contributed by atoms with E-state index in [1.165, 1.54) is 12.8 Å². The van der Waals surface area contributed by atoms with Gasteiger partial charge in [0.15, 0.2) is 0 Å². The predicted molar refractivity (Wildman–Crippen MR) is 64.0 cm³/mol. The molecular formula is C12H24N2O2. The topological polar surface area (TPSA) is 55.6 Å². The molecule has 4 heteroatoms. The Morgan fingerprint density at radius 3 is 2.62 bits per heavy atom. The summed E-state index contributed by atoms with van der Waals surface area (Å²) >= 11 is 0. The van der Waals surface area contributed by atoms with Crippen molar-refractivity contribution in [2.75, 3.05) is 20.7 Å². The first-order valence-corrected chi connectivity index (χ1v) is 6.08. The van der Waals surface area contributed by atoms with Crippen LogP contribution in [0.5, 0.6) is 0 Å². The van der Waals surface area contributed by atoms with Crippen molar-refractivity contribution in [3.63, 3.8) is 0 Å². The van der Waals surface area contributed by atoms with Crippen LogP contribution in [0, 0.1) is 5.92 Å². The second-order valence-electron chi connectivity index (χ2n) is 4.73. The lowest BCUT2D eigenvalue weighted by atomic mass is 10.1. The summed E-state index contributed by atoms with van der Waals surface area (Å²) in [7, 11) is 3.54. The van der Waals surface area contributed by atoms with Crippen LogP contribution in [0.4, 0.5) is 0 Å². The van der Waals surface area contributed by atoms with Crippen LogP contribution in [-0.4, -0.2) is 43.7 Å². The maximum atomic E-state index is 11.9. The van der Waals surface area contributed by atoms with Gasteiger partial charge in [-0.15, -0.1) is 0 Å². The molecule has 1 aliphatic carbocycles. The minimum Gasteiger partial charge on any atom is -0.382 e. The first-order chi connectivity index (χ1) is 7.60. The van der Waals surface area contributed by atoms with Crippen LogP contribution in [0.2, 0.25) is 0 Å². The predicted octanol–water partition coefficient (Wildman–Crippen LogP) is 0.997. The number of hydrogen-bond acceptors (Lipinski definition) is 3. The molecule has 16 heavy (non-hydrogen) atoms. The summed E-state index contributed by atoms with van der Waals surface area (Å²) in [6, 6.07) is 0.241. The Balaban J connectivity index is 2.33. The van der Waals surface area contributed by atoms with Crippen molar-refractivity contribution in [2.24, 2.45) is 11.7 Å². The fourth-order valence-electron chi connectivity index (χ4n) is 1.95. The van der Waals surface area contributed by atoms with Crippen molar-refractivity contribution < 1.29 is 9.53 Å². The number of amides is 1. The molecule has 1 amide bonds. The zero-order valence-corrected chi connectivity index (χ0v) is 10.6. The molecule has 1 rings (SSSR count). The van der Waals surface area contributed by atoms with E-state index in [2.05, 4.69) is 0 Å². The van der Waals surface area contributed by atoms with E-state index in [1.54, 1.807) is 7.11 Å². The van der Waals surface area contributed by atoms with Crippen molar-refractivity contribution in [3.05, 3.63) is 0 Å². The van der Waals surface area contributed by atoms with E-state index in [-0.39, 0.29) is 18.1 Å². The molecule has 0 aromatic carbocycles. The van der Waals surface area contributed by atoms with Crippen LogP contribution in [0.15, 0.2) is 0 Å². The summed E-state index contributed by atoms with van der Waals surface area (Å²) in [6.45, 7) is 2.56. The summed E-state index contributed by atoms with van der Waals surface area (Å²) in [6.07, 6.45) is 3.91. The van der Waals surface area contributed by atoms with Gasteiger partial charge in [0.05, 0.1) is 6.10 Å². The highest BCUT2D eigenvalue weighted by atomic mass is 16.5. The second-order valence-corrected chi connectivity index (χ2v) is 4.73. The molecule has 94 valence electrons. The smallest absolute Gasteiger partial charge is 0.222 e. The van der Waals surface area contributed by atoms with Gasteiger partial charge >= 0.3 is 0 Å². The molecule has 1 saturated carbocycles. The van der Waals surface area contributed by atoms with Crippen LogP contribution < -0.4 is 5.73 Å². The van der Waals surface area contributed by atoms with Gasteiger partial charge in [-0.1, -0.05) is 0 Å². The van der Waals surface area contributed by atoms with Gasteiger partial charge in [0.1, 0.15) is 0 Å². The lowest BCUT2D eigenvalue weighted by Gasteiger charge is -2.27. The van der Waals surface area contributed by atoms with E-state index < -0.39 is 0 Å². The van der Waals surface area contributed by atoms with E-state index in [4.69, 9.17) is 10.5 Å². The van der Waals surface area contributed by atoms with E-state index in [1.807, 2.05) is 18.9 Å². The molecule has 2 atom stereocenters. The van der Waals surface area contributed by atoms with Crippen LogP contribution >= 0.6 is 0 Å². The van der Waals surface area contributed by atoms with Crippen molar-refractivity contribution in [1.82, 2.24) is 4.90 Å². The fourth-order valence-corrected chi connectivity index (χ4v) is 1.95. The summed E-state index contributed by atoms with van der Waals surface area (Å²) in [5, 5.41) is 0. The molecule has 0 heterocycles. The number of likely N-dealkylation sites (N-methyl/N-ethyl adjacent to an activating group) is 1. The number of nitrogens with zero attached hydrogens (tertiary/aromatic N) is 1. The number of rotatable bonds is 7. The quantitative estimate of drug-likeness (QED) is 0.707. The van der Waals surface area contributed by atoms with E-state index in [9.17, 15) is 4.79 Å². The van der Waals surface area contributed by atoms with Crippen LogP contribution in [0.25, 0.3) is 0 Å². The molecule has 0 bridgehead atoms. The Hall–Kier alpha value is -0.610. The zero-order chi connectivity index (χ0) is 12.1. The first-order valence-electron chi connectivity index (χ1n) is 6.08. The zero-order valence-electron chi connectivity index (χ0n) is 10.6. The maximum absolute atomic E-state index is 11.9. The van der Waals surface area contributed by atoms with Crippen molar-refractivity contribution in [1.29, 1.82) is 0 Å². The van der Waals surface area contributed by atoms with Gasteiger partial charge in [-0.3, -0.25) is 4.79 Å². The largest absolute Gasteiger partial charge is 0.382 e. The normalized spacial score (nSPS) is 19.2. The van der Waals surface area contributed by atoms with Crippen LogP contribution in [0.1, 0.15) is 32.6 Å². The third-order valence-electron chi connectivity index (χ3n) is 3.47. The molecular weight excluding hydrogens is 204 g/mol. The van der Waals surface area contributed by atoms with Crippen molar-refractivity contribution in [3.8, 4) is 0 Å². The molecule has 1 fully saturated rings. The molecule has 0 aliphatic heterocycles. The maximum Gasteiger partial charge on any atom is 0.222 e. The molecule has 2 unspecified atom stereocenters. The summed E-state index contributed by atoms with van der Waals surface area (Å²) in [5.41, 5.74) is 5.72. The summed E-state index contributed by atoms with van der Waals surface area (Å²) in [5.74, 6) is 0.824. The average molecular weight is 228 g/mol. The highest BCUT2D eigenvalue weighted by molar-refractivity contribution is 5.76. The fraction of sp³-hybridized carbons (Fsp3) is 0.917.